The minimum atomic E-state index is -0.356. The Morgan fingerprint density at radius 2 is 2.14 bits per heavy atom. The monoisotopic (exact) mass is 414 g/mol. The lowest BCUT2D eigenvalue weighted by atomic mass is 10.1. The first-order chi connectivity index (χ1) is 10.5. The van der Waals surface area contributed by atoms with Crippen LogP contribution in [0.15, 0.2) is 18.2 Å². The van der Waals surface area contributed by atoms with E-state index in [1.54, 1.807) is 12.1 Å². The molecule has 0 bridgehead atoms. The first-order valence-corrected chi connectivity index (χ1v) is 8.12. The molecule has 0 amide bonds. The Morgan fingerprint density at radius 3 is 2.77 bits per heavy atom. The minimum absolute atomic E-state index is 0.356. The van der Waals surface area contributed by atoms with Crippen LogP contribution in [0, 0.1) is 17.4 Å². The molecule has 1 aromatic heterocycles. The first-order valence-electron chi connectivity index (χ1n) is 7.04. The zero-order chi connectivity index (χ0) is 16.1. The molecule has 0 saturated carbocycles. The van der Waals surface area contributed by atoms with Crippen molar-refractivity contribution in [1.29, 1.82) is 0 Å². The number of carbonyl (C=O) groups excluding carboxylic acids is 1. The average Bonchev–Trinajstić information content (AvgIpc) is 2.83. The van der Waals surface area contributed by atoms with Gasteiger partial charge in [-0.25, -0.2) is 4.79 Å². The van der Waals surface area contributed by atoms with Gasteiger partial charge >= 0.3 is 5.97 Å². The average molecular weight is 414 g/mol. The van der Waals surface area contributed by atoms with Crippen molar-refractivity contribution in [3.8, 4) is 5.75 Å². The fourth-order valence-electron chi connectivity index (χ4n) is 2.23. The summed E-state index contributed by atoms with van der Waals surface area (Å²) in [5.74, 6) is 0.357. The summed E-state index contributed by atoms with van der Waals surface area (Å²) in [4.78, 5) is 11.5. The Balaban J connectivity index is 1.93. The van der Waals surface area contributed by atoms with Crippen molar-refractivity contribution in [2.75, 3.05) is 13.7 Å². The van der Waals surface area contributed by atoms with Crippen LogP contribution < -0.4 is 4.74 Å². The molecule has 0 unspecified atom stereocenters. The number of nitrogens with zero attached hydrogens (tertiary/aromatic N) is 1. The van der Waals surface area contributed by atoms with Crippen LogP contribution in [0.4, 0.5) is 0 Å². The number of halogens is 1. The lowest BCUT2D eigenvalue weighted by Gasteiger charge is -2.10. The van der Waals surface area contributed by atoms with E-state index in [-0.39, 0.29) is 5.97 Å². The summed E-state index contributed by atoms with van der Waals surface area (Å²) in [6, 6.07) is 5.31. The van der Waals surface area contributed by atoms with Crippen molar-refractivity contribution < 1.29 is 14.3 Å². The zero-order valence-electron chi connectivity index (χ0n) is 12.9. The topological polar surface area (TPSA) is 64.2 Å². The van der Waals surface area contributed by atoms with Gasteiger partial charge in [0.1, 0.15) is 5.75 Å². The number of benzene rings is 1. The number of hydrogen-bond donors (Lipinski definition) is 1. The molecule has 0 aliphatic carbocycles. The van der Waals surface area contributed by atoms with Crippen LogP contribution >= 0.6 is 22.6 Å². The van der Waals surface area contributed by atoms with E-state index in [0.717, 1.165) is 27.8 Å². The SMILES string of the molecule is COC(=O)c1ccc(I)c(OCCCc2c(C)n[nH]c2C)c1. The van der Waals surface area contributed by atoms with Crippen LogP contribution in [0.1, 0.15) is 33.7 Å². The number of methoxy groups -OCH3 is 1. The Hall–Kier alpha value is -1.57. The second kappa shape index (κ2) is 7.62. The van der Waals surface area contributed by atoms with Crippen molar-refractivity contribution in [3.05, 3.63) is 44.3 Å². The summed E-state index contributed by atoms with van der Waals surface area (Å²) in [5.41, 5.74) is 3.90. The predicted octanol–water partition coefficient (Wildman–Crippen LogP) is 3.43. The van der Waals surface area contributed by atoms with Gasteiger partial charge in [-0.15, -0.1) is 0 Å². The highest BCUT2D eigenvalue weighted by atomic mass is 127. The van der Waals surface area contributed by atoms with E-state index in [2.05, 4.69) is 32.8 Å². The molecule has 2 rings (SSSR count). The molecular formula is C16H19IN2O3. The van der Waals surface area contributed by atoms with E-state index < -0.39 is 0 Å². The first kappa shape index (κ1) is 16.8. The summed E-state index contributed by atoms with van der Waals surface area (Å²) in [6.45, 7) is 4.62. The van der Waals surface area contributed by atoms with E-state index in [9.17, 15) is 4.79 Å². The quantitative estimate of drug-likeness (QED) is 0.447. The van der Waals surface area contributed by atoms with Crippen molar-refractivity contribution >= 4 is 28.6 Å². The van der Waals surface area contributed by atoms with Gasteiger partial charge in [-0.3, -0.25) is 5.10 Å². The molecule has 6 heteroatoms. The standard InChI is InChI=1S/C16H19IN2O3/c1-10-13(11(2)19-18-10)5-4-8-22-15-9-12(16(20)21-3)6-7-14(15)17/h6-7,9H,4-5,8H2,1-3H3,(H,18,19). The van der Waals surface area contributed by atoms with E-state index >= 15 is 0 Å². The van der Waals surface area contributed by atoms with E-state index in [1.165, 1.54) is 12.7 Å². The third kappa shape index (κ3) is 4.00. The van der Waals surface area contributed by atoms with Crippen LogP contribution in [0.5, 0.6) is 5.75 Å². The molecule has 0 saturated heterocycles. The number of aryl methyl sites for hydroxylation is 2. The van der Waals surface area contributed by atoms with Gasteiger partial charge in [-0.2, -0.15) is 5.10 Å². The van der Waals surface area contributed by atoms with Gasteiger partial charge < -0.3 is 9.47 Å². The highest BCUT2D eigenvalue weighted by Crippen LogP contribution is 2.23. The van der Waals surface area contributed by atoms with Gasteiger partial charge in [0, 0.05) is 5.69 Å². The fraction of sp³-hybridized carbons (Fsp3) is 0.375. The van der Waals surface area contributed by atoms with Crippen molar-refractivity contribution in [2.24, 2.45) is 0 Å². The Bertz CT molecular complexity index is 648. The fourth-order valence-corrected chi connectivity index (χ4v) is 2.72. The van der Waals surface area contributed by atoms with Crippen molar-refractivity contribution in [1.82, 2.24) is 10.2 Å². The number of nitrogens with one attached hydrogen (secondary N) is 1. The molecule has 0 aliphatic heterocycles. The summed E-state index contributed by atoms with van der Waals surface area (Å²) < 4.78 is 11.5. The summed E-state index contributed by atoms with van der Waals surface area (Å²) in [7, 11) is 1.37. The van der Waals surface area contributed by atoms with Crippen LogP contribution in [0.25, 0.3) is 0 Å². The maximum absolute atomic E-state index is 11.5. The lowest BCUT2D eigenvalue weighted by molar-refractivity contribution is 0.0600. The molecule has 118 valence electrons. The highest BCUT2D eigenvalue weighted by Gasteiger charge is 2.10. The molecule has 0 aliphatic rings. The number of hydrogen-bond acceptors (Lipinski definition) is 4. The third-order valence-corrected chi connectivity index (χ3v) is 4.35. The molecule has 22 heavy (non-hydrogen) atoms. The number of H-pyrrole nitrogens is 1. The number of rotatable bonds is 6. The second-order valence-electron chi connectivity index (χ2n) is 5.00. The van der Waals surface area contributed by atoms with Crippen LogP contribution in [-0.2, 0) is 11.2 Å². The van der Waals surface area contributed by atoms with Gasteiger partial charge in [-0.05, 0) is 73.0 Å². The molecular weight excluding hydrogens is 395 g/mol. The van der Waals surface area contributed by atoms with Gasteiger partial charge in [0.15, 0.2) is 0 Å². The van der Waals surface area contributed by atoms with Crippen LogP contribution in [0.2, 0.25) is 0 Å². The van der Waals surface area contributed by atoms with Gasteiger partial charge in [0.05, 0.1) is 28.5 Å². The van der Waals surface area contributed by atoms with Crippen molar-refractivity contribution in [2.45, 2.75) is 26.7 Å². The predicted molar refractivity (Wildman–Crippen MR) is 92.4 cm³/mol. The maximum Gasteiger partial charge on any atom is 0.337 e. The summed E-state index contributed by atoms with van der Waals surface area (Å²) in [6.07, 6.45) is 1.81. The highest BCUT2D eigenvalue weighted by molar-refractivity contribution is 14.1. The van der Waals surface area contributed by atoms with E-state index in [0.29, 0.717) is 17.9 Å². The van der Waals surface area contributed by atoms with Gasteiger partial charge in [0.25, 0.3) is 0 Å². The van der Waals surface area contributed by atoms with E-state index in [1.807, 2.05) is 19.9 Å². The summed E-state index contributed by atoms with van der Waals surface area (Å²) in [5, 5.41) is 7.18. The largest absolute Gasteiger partial charge is 0.492 e. The normalized spacial score (nSPS) is 10.5. The molecule has 0 atom stereocenters. The molecule has 0 radical (unpaired) electrons. The number of carbonyl (C=O) groups is 1. The molecule has 5 nitrogen and oxygen atoms in total. The molecule has 0 fully saturated rings. The number of aromatic nitrogens is 2. The Kier molecular flexibility index (Phi) is 5.82. The lowest BCUT2D eigenvalue weighted by Crippen LogP contribution is -2.05. The number of ether oxygens (including phenoxy) is 2. The number of esters is 1. The Labute approximate surface area is 143 Å². The zero-order valence-corrected chi connectivity index (χ0v) is 15.1. The second-order valence-corrected chi connectivity index (χ2v) is 6.16. The summed E-state index contributed by atoms with van der Waals surface area (Å²) >= 11 is 2.19. The van der Waals surface area contributed by atoms with E-state index in [4.69, 9.17) is 9.47 Å². The van der Waals surface area contributed by atoms with Crippen molar-refractivity contribution in [3.63, 3.8) is 0 Å². The molecule has 2 aromatic rings. The Morgan fingerprint density at radius 1 is 1.36 bits per heavy atom. The van der Waals surface area contributed by atoms with Crippen LogP contribution in [-0.4, -0.2) is 29.9 Å². The van der Waals surface area contributed by atoms with Gasteiger partial charge in [-0.1, -0.05) is 0 Å². The smallest absolute Gasteiger partial charge is 0.337 e. The molecule has 1 N–H and O–H groups in total. The molecule has 1 aromatic carbocycles. The van der Waals surface area contributed by atoms with Gasteiger partial charge in [0.2, 0.25) is 0 Å². The van der Waals surface area contributed by atoms with Crippen LogP contribution in [0.3, 0.4) is 0 Å². The third-order valence-electron chi connectivity index (χ3n) is 3.46. The molecule has 0 spiro atoms. The minimum Gasteiger partial charge on any atom is -0.492 e. The maximum atomic E-state index is 11.5. The number of aromatic amines is 1. The molecule has 1 heterocycles.